The Morgan fingerprint density at radius 1 is 1.22 bits per heavy atom. The van der Waals surface area contributed by atoms with E-state index in [4.69, 9.17) is 15.5 Å². The van der Waals surface area contributed by atoms with E-state index in [0.29, 0.717) is 12.0 Å². The van der Waals surface area contributed by atoms with Gasteiger partial charge in [-0.3, -0.25) is 4.99 Å². The summed E-state index contributed by atoms with van der Waals surface area (Å²) in [7, 11) is 3.78. The average Bonchev–Trinajstić information content (AvgIpc) is 3.45. The second-order valence-corrected chi connectivity index (χ2v) is 7.09. The standard InChI is InChI=1S/C19H29N3O/c1-22(16-8-9-16)18(20)21-14-19(12-4-3-5-13-19)15-6-10-17(23-2)11-7-15/h6-7,10-11,16H,3-5,8-9,12-14H2,1-2H3,(H2,20,21). The molecule has 0 unspecified atom stereocenters. The Hall–Kier alpha value is -1.71. The van der Waals surface area contributed by atoms with Crippen LogP contribution in [0.3, 0.4) is 0 Å². The Labute approximate surface area is 139 Å². The molecule has 2 fully saturated rings. The van der Waals surface area contributed by atoms with Gasteiger partial charge in [-0.1, -0.05) is 31.4 Å². The number of ether oxygens (including phenoxy) is 1. The van der Waals surface area contributed by atoms with E-state index < -0.39 is 0 Å². The minimum atomic E-state index is 0.138. The van der Waals surface area contributed by atoms with E-state index in [9.17, 15) is 0 Å². The van der Waals surface area contributed by atoms with Gasteiger partial charge in [0.15, 0.2) is 5.96 Å². The van der Waals surface area contributed by atoms with Gasteiger partial charge in [0.1, 0.15) is 5.75 Å². The van der Waals surface area contributed by atoms with Crippen LogP contribution in [0.1, 0.15) is 50.5 Å². The molecule has 2 saturated carbocycles. The van der Waals surface area contributed by atoms with Crippen molar-refractivity contribution in [3.05, 3.63) is 29.8 Å². The number of hydrogen-bond donors (Lipinski definition) is 1. The summed E-state index contributed by atoms with van der Waals surface area (Å²) in [4.78, 5) is 6.93. The monoisotopic (exact) mass is 315 g/mol. The predicted octanol–water partition coefficient (Wildman–Crippen LogP) is 3.31. The lowest BCUT2D eigenvalue weighted by Gasteiger charge is -2.37. The zero-order valence-electron chi connectivity index (χ0n) is 14.4. The molecule has 2 aliphatic rings. The van der Waals surface area contributed by atoms with E-state index in [2.05, 4.69) is 36.2 Å². The highest BCUT2D eigenvalue weighted by Crippen LogP contribution is 2.40. The molecule has 0 radical (unpaired) electrons. The highest BCUT2D eigenvalue weighted by atomic mass is 16.5. The van der Waals surface area contributed by atoms with Gasteiger partial charge in [-0.15, -0.1) is 0 Å². The van der Waals surface area contributed by atoms with Crippen molar-refractivity contribution in [3.8, 4) is 5.75 Å². The molecule has 1 aromatic carbocycles. The molecule has 0 atom stereocenters. The van der Waals surface area contributed by atoms with E-state index in [1.807, 2.05) is 0 Å². The smallest absolute Gasteiger partial charge is 0.191 e. The molecule has 2 aliphatic carbocycles. The van der Waals surface area contributed by atoms with Crippen molar-refractivity contribution in [1.82, 2.24) is 4.90 Å². The molecule has 0 aromatic heterocycles. The molecule has 0 bridgehead atoms. The molecular formula is C19H29N3O. The van der Waals surface area contributed by atoms with Crippen molar-refractivity contribution in [1.29, 1.82) is 0 Å². The van der Waals surface area contributed by atoms with Crippen molar-refractivity contribution in [2.45, 2.75) is 56.4 Å². The number of aliphatic imine (C=N–C) groups is 1. The summed E-state index contributed by atoms with van der Waals surface area (Å²) >= 11 is 0. The number of rotatable bonds is 5. The number of guanidine groups is 1. The molecule has 0 aliphatic heterocycles. The normalized spacial score (nSPS) is 21.0. The van der Waals surface area contributed by atoms with Crippen LogP contribution in [0.15, 0.2) is 29.3 Å². The second kappa shape index (κ2) is 6.81. The summed E-state index contributed by atoms with van der Waals surface area (Å²) in [5.41, 5.74) is 7.73. The van der Waals surface area contributed by atoms with E-state index in [1.54, 1.807) is 7.11 Å². The highest BCUT2D eigenvalue weighted by Gasteiger charge is 2.34. The van der Waals surface area contributed by atoms with Crippen LogP contribution in [0.5, 0.6) is 5.75 Å². The van der Waals surface area contributed by atoms with E-state index in [-0.39, 0.29) is 5.41 Å². The first-order valence-electron chi connectivity index (χ1n) is 8.82. The largest absolute Gasteiger partial charge is 0.497 e. The molecule has 0 amide bonds. The maximum Gasteiger partial charge on any atom is 0.191 e. The lowest BCUT2D eigenvalue weighted by Crippen LogP contribution is -2.38. The second-order valence-electron chi connectivity index (χ2n) is 7.09. The van der Waals surface area contributed by atoms with E-state index >= 15 is 0 Å². The number of methoxy groups -OCH3 is 1. The van der Waals surface area contributed by atoms with Crippen molar-refractivity contribution >= 4 is 5.96 Å². The van der Waals surface area contributed by atoms with Crippen molar-refractivity contribution in [3.63, 3.8) is 0 Å². The number of nitrogens with zero attached hydrogens (tertiary/aromatic N) is 2. The SMILES string of the molecule is COc1ccc(C2(CN=C(N)N(C)C3CC3)CCCCC2)cc1. The Kier molecular flexibility index (Phi) is 4.79. The molecule has 0 spiro atoms. The maximum atomic E-state index is 6.21. The first kappa shape index (κ1) is 16.2. The minimum Gasteiger partial charge on any atom is -0.497 e. The van der Waals surface area contributed by atoms with Crippen LogP contribution in [0.2, 0.25) is 0 Å². The van der Waals surface area contributed by atoms with Crippen LogP contribution < -0.4 is 10.5 Å². The first-order valence-corrected chi connectivity index (χ1v) is 8.82. The number of nitrogens with two attached hydrogens (primary N) is 1. The molecule has 126 valence electrons. The summed E-state index contributed by atoms with van der Waals surface area (Å²) in [6.45, 7) is 0.794. The fraction of sp³-hybridized carbons (Fsp3) is 0.632. The first-order chi connectivity index (χ1) is 11.1. The van der Waals surface area contributed by atoms with Gasteiger partial charge in [0.05, 0.1) is 13.7 Å². The Bertz CT molecular complexity index is 542. The Morgan fingerprint density at radius 2 is 1.87 bits per heavy atom. The van der Waals surface area contributed by atoms with Gasteiger partial charge in [-0.05, 0) is 43.4 Å². The minimum absolute atomic E-state index is 0.138. The summed E-state index contributed by atoms with van der Waals surface area (Å²) in [5, 5.41) is 0. The van der Waals surface area contributed by atoms with Gasteiger partial charge in [0, 0.05) is 18.5 Å². The van der Waals surface area contributed by atoms with Crippen molar-refractivity contribution in [2.24, 2.45) is 10.7 Å². The zero-order valence-corrected chi connectivity index (χ0v) is 14.4. The van der Waals surface area contributed by atoms with Gasteiger partial charge in [0.25, 0.3) is 0 Å². The molecule has 4 heteroatoms. The molecule has 3 rings (SSSR count). The molecule has 0 heterocycles. The molecule has 0 saturated heterocycles. The summed E-state index contributed by atoms with van der Waals surface area (Å²) in [6.07, 6.45) is 8.78. The van der Waals surface area contributed by atoms with Gasteiger partial charge in [0.2, 0.25) is 0 Å². The van der Waals surface area contributed by atoms with Crippen LogP contribution in [0.4, 0.5) is 0 Å². The molecule has 4 nitrogen and oxygen atoms in total. The van der Waals surface area contributed by atoms with Crippen LogP contribution in [0.25, 0.3) is 0 Å². The maximum absolute atomic E-state index is 6.21. The van der Waals surface area contributed by atoms with Crippen molar-refractivity contribution in [2.75, 3.05) is 20.7 Å². The van der Waals surface area contributed by atoms with E-state index in [1.165, 1.54) is 50.5 Å². The fourth-order valence-corrected chi connectivity index (χ4v) is 3.70. The van der Waals surface area contributed by atoms with E-state index in [0.717, 1.165) is 12.3 Å². The van der Waals surface area contributed by atoms with Crippen LogP contribution in [-0.2, 0) is 5.41 Å². The summed E-state index contributed by atoms with van der Waals surface area (Å²) < 4.78 is 5.30. The van der Waals surface area contributed by atoms with Gasteiger partial charge in [-0.25, -0.2) is 0 Å². The lowest BCUT2D eigenvalue weighted by atomic mass is 9.69. The third kappa shape index (κ3) is 3.62. The van der Waals surface area contributed by atoms with Gasteiger partial charge < -0.3 is 15.4 Å². The zero-order chi connectivity index (χ0) is 16.3. The van der Waals surface area contributed by atoms with Gasteiger partial charge in [-0.2, -0.15) is 0 Å². The third-order valence-electron chi connectivity index (χ3n) is 5.51. The number of benzene rings is 1. The third-order valence-corrected chi connectivity index (χ3v) is 5.51. The Morgan fingerprint density at radius 3 is 2.43 bits per heavy atom. The topological polar surface area (TPSA) is 50.9 Å². The average molecular weight is 315 g/mol. The molecule has 2 N–H and O–H groups in total. The van der Waals surface area contributed by atoms with Crippen LogP contribution in [0, 0.1) is 0 Å². The quantitative estimate of drug-likeness (QED) is 0.670. The van der Waals surface area contributed by atoms with Gasteiger partial charge >= 0.3 is 0 Å². The lowest BCUT2D eigenvalue weighted by molar-refractivity contribution is 0.299. The molecule has 23 heavy (non-hydrogen) atoms. The van der Waals surface area contributed by atoms with Crippen LogP contribution in [-0.4, -0.2) is 37.6 Å². The number of hydrogen-bond acceptors (Lipinski definition) is 2. The molecule has 1 aromatic rings. The van der Waals surface area contributed by atoms with Crippen LogP contribution >= 0.6 is 0 Å². The Balaban J connectivity index is 1.79. The van der Waals surface area contributed by atoms with Crippen molar-refractivity contribution < 1.29 is 4.74 Å². The summed E-state index contributed by atoms with van der Waals surface area (Å²) in [5.74, 6) is 1.61. The predicted molar refractivity (Wildman–Crippen MR) is 95.0 cm³/mol. The highest BCUT2D eigenvalue weighted by molar-refractivity contribution is 5.78. The molecular weight excluding hydrogens is 286 g/mol. The summed E-state index contributed by atoms with van der Waals surface area (Å²) in [6, 6.07) is 9.16. The fourth-order valence-electron chi connectivity index (χ4n) is 3.70.